The maximum Gasteiger partial charge on any atom is 0.251 e. The van der Waals surface area contributed by atoms with E-state index in [9.17, 15) is 9.59 Å². The lowest BCUT2D eigenvalue weighted by Crippen LogP contribution is -2.50. The van der Waals surface area contributed by atoms with E-state index >= 15 is 0 Å². The van der Waals surface area contributed by atoms with Crippen LogP contribution in [0.2, 0.25) is 0 Å². The van der Waals surface area contributed by atoms with Crippen LogP contribution in [-0.2, 0) is 22.6 Å². The Bertz CT molecular complexity index is 1380. The molecule has 2 aromatic carbocycles. The summed E-state index contributed by atoms with van der Waals surface area (Å²) >= 11 is 0. The minimum Gasteiger partial charge on any atom is -0.349 e. The summed E-state index contributed by atoms with van der Waals surface area (Å²) in [5.41, 5.74) is 3.79. The summed E-state index contributed by atoms with van der Waals surface area (Å²) in [5.74, 6) is -0.232. The summed E-state index contributed by atoms with van der Waals surface area (Å²) in [6.45, 7) is 9.59. The second-order valence-electron chi connectivity index (χ2n) is 10.2. The number of aromatic nitrogens is 5. The van der Waals surface area contributed by atoms with Crippen molar-refractivity contribution < 1.29 is 9.59 Å². The number of carbonyl (C=O) groups is 2. The minimum atomic E-state index is -0.933. The first kappa shape index (κ1) is 26.7. The second-order valence-corrected chi connectivity index (χ2v) is 10.2. The Labute approximate surface area is 222 Å². The highest BCUT2D eigenvalue weighted by atomic mass is 16.2. The molecular weight excluding hydrogens is 478 g/mol. The molecule has 0 fully saturated rings. The Morgan fingerprint density at radius 1 is 0.974 bits per heavy atom. The molecule has 2 heterocycles. The fourth-order valence-electron chi connectivity index (χ4n) is 4.06. The van der Waals surface area contributed by atoms with Gasteiger partial charge in [0, 0.05) is 29.2 Å². The van der Waals surface area contributed by atoms with Crippen molar-refractivity contribution in [1.29, 1.82) is 0 Å². The van der Waals surface area contributed by atoms with Crippen LogP contribution in [-0.4, -0.2) is 42.5 Å². The van der Waals surface area contributed by atoms with E-state index in [1.54, 1.807) is 24.5 Å². The summed E-state index contributed by atoms with van der Waals surface area (Å²) in [7, 11) is 0. The Balaban J connectivity index is 1.72. The first-order valence-electron chi connectivity index (χ1n) is 12.6. The SMILES string of the molecule is CCc1ccc(N(C(=O)Cn2nnc(-c3ccc(C)cc3)n2)[C@@H](C(=O)NC(C)(C)C)c2ccncc2)cc1. The Kier molecular flexibility index (Phi) is 7.95. The summed E-state index contributed by atoms with van der Waals surface area (Å²) in [6, 6.07) is 18.0. The number of tetrazole rings is 1. The van der Waals surface area contributed by atoms with Gasteiger partial charge < -0.3 is 5.32 Å². The van der Waals surface area contributed by atoms with Crippen LogP contribution in [0.3, 0.4) is 0 Å². The summed E-state index contributed by atoms with van der Waals surface area (Å²) in [5, 5.41) is 15.7. The lowest BCUT2D eigenvalue weighted by molar-refractivity contribution is -0.128. The Morgan fingerprint density at radius 3 is 2.24 bits per heavy atom. The third-order valence-electron chi connectivity index (χ3n) is 5.96. The molecule has 0 saturated carbocycles. The molecule has 0 aliphatic rings. The summed E-state index contributed by atoms with van der Waals surface area (Å²) < 4.78 is 0. The molecule has 0 saturated heterocycles. The highest BCUT2D eigenvalue weighted by molar-refractivity contribution is 6.01. The maximum atomic E-state index is 13.9. The van der Waals surface area contributed by atoms with Gasteiger partial charge in [-0.3, -0.25) is 19.5 Å². The predicted molar refractivity (Wildman–Crippen MR) is 146 cm³/mol. The highest BCUT2D eigenvalue weighted by Gasteiger charge is 2.34. The van der Waals surface area contributed by atoms with Crippen LogP contribution in [0.1, 0.15) is 50.4 Å². The first-order chi connectivity index (χ1) is 18.1. The van der Waals surface area contributed by atoms with Crippen LogP contribution in [0.15, 0.2) is 73.1 Å². The molecule has 0 radical (unpaired) electrons. The Morgan fingerprint density at radius 2 is 1.63 bits per heavy atom. The van der Waals surface area contributed by atoms with Crippen LogP contribution < -0.4 is 10.2 Å². The fraction of sp³-hybridized carbons (Fsp3) is 0.310. The molecule has 0 bridgehead atoms. The van der Waals surface area contributed by atoms with E-state index < -0.39 is 11.6 Å². The van der Waals surface area contributed by atoms with Crippen molar-refractivity contribution in [2.45, 2.75) is 59.2 Å². The fourth-order valence-corrected chi connectivity index (χ4v) is 4.06. The van der Waals surface area contributed by atoms with Gasteiger partial charge in [-0.2, -0.15) is 4.80 Å². The van der Waals surface area contributed by atoms with Crippen molar-refractivity contribution in [1.82, 2.24) is 30.5 Å². The quantitative estimate of drug-likeness (QED) is 0.378. The van der Waals surface area contributed by atoms with Crippen molar-refractivity contribution in [3.8, 4) is 11.4 Å². The summed E-state index contributed by atoms with van der Waals surface area (Å²) in [6.07, 6.45) is 4.09. The van der Waals surface area contributed by atoms with Crippen molar-refractivity contribution in [2.75, 3.05) is 4.90 Å². The molecule has 196 valence electrons. The van der Waals surface area contributed by atoms with Crippen LogP contribution in [0.4, 0.5) is 5.69 Å². The largest absolute Gasteiger partial charge is 0.349 e. The van der Waals surface area contributed by atoms with Crippen molar-refractivity contribution in [3.63, 3.8) is 0 Å². The average Bonchev–Trinajstić information content (AvgIpc) is 3.35. The molecule has 0 aliphatic heterocycles. The van der Waals surface area contributed by atoms with Gasteiger partial charge in [0.25, 0.3) is 5.91 Å². The lowest BCUT2D eigenvalue weighted by Gasteiger charge is -2.33. The normalized spacial score (nSPS) is 12.1. The molecule has 2 aromatic heterocycles. The summed E-state index contributed by atoms with van der Waals surface area (Å²) in [4.78, 5) is 34.5. The van der Waals surface area contributed by atoms with E-state index in [-0.39, 0.29) is 18.4 Å². The van der Waals surface area contributed by atoms with Gasteiger partial charge in [0.05, 0.1) is 0 Å². The van der Waals surface area contributed by atoms with Crippen LogP contribution in [0, 0.1) is 6.92 Å². The van der Waals surface area contributed by atoms with Gasteiger partial charge in [0.15, 0.2) is 0 Å². The van der Waals surface area contributed by atoms with Crippen molar-refractivity contribution in [3.05, 3.63) is 89.7 Å². The topological polar surface area (TPSA) is 106 Å². The zero-order valence-electron chi connectivity index (χ0n) is 22.4. The molecule has 4 rings (SSSR count). The maximum absolute atomic E-state index is 13.9. The number of nitrogens with one attached hydrogen (secondary N) is 1. The molecule has 1 N–H and O–H groups in total. The van der Waals surface area contributed by atoms with Crippen molar-refractivity contribution >= 4 is 17.5 Å². The molecule has 0 unspecified atom stereocenters. The molecule has 4 aromatic rings. The van der Waals surface area contributed by atoms with Gasteiger partial charge in [-0.1, -0.05) is 48.9 Å². The number of nitrogens with zero attached hydrogens (tertiary/aromatic N) is 6. The van der Waals surface area contributed by atoms with Crippen LogP contribution >= 0.6 is 0 Å². The van der Waals surface area contributed by atoms with Crippen LogP contribution in [0.25, 0.3) is 11.4 Å². The van der Waals surface area contributed by atoms with E-state index in [4.69, 9.17) is 0 Å². The number of carbonyl (C=O) groups excluding carboxylic acids is 2. The predicted octanol–water partition coefficient (Wildman–Crippen LogP) is 4.30. The molecule has 1 atom stereocenters. The van der Waals surface area contributed by atoms with Gasteiger partial charge in [-0.25, -0.2) is 0 Å². The molecular formula is C29H33N7O2. The van der Waals surface area contributed by atoms with Gasteiger partial charge >= 0.3 is 0 Å². The van der Waals surface area contributed by atoms with Gasteiger partial charge in [-0.05, 0) is 74.7 Å². The van der Waals surface area contributed by atoms with E-state index in [2.05, 4.69) is 32.6 Å². The highest BCUT2D eigenvalue weighted by Crippen LogP contribution is 2.29. The van der Waals surface area contributed by atoms with Crippen molar-refractivity contribution in [2.24, 2.45) is 0 Å². The minimum absolute atomic E-state index is 0.196. The zero-order valence-corrected chi connectivity index (χ0v) is 22.4. The molecule has 9 heteroatoms. The average molecular weight is 512 g/mol. The molecule has 9 nitrogen and oxygen atoms in total. The van der Waals surface area contributed by atoms with Gasteiger partial charge in [0.2, 0.25) is 11.7 Å². The molecule has 2 amide bonds. The first-order valence-corrected chi connectivity index (χ1v) is 12.6. The molecule has 0 spiro atoms. The smallest absolute Gasteiger partial charge is 0.251 e. The van der Waals surface area contributed by atoms with Crippen LogP contribution in [0.5, 0.6) is 0 Å². The number of aryl methyl sites for hydroxylation is 2. The van der Waals surface area contributed by atoms with Gasteiger partial charge in [-0.15, -0.1) is 10.2 Å². The number of pyridine rings is 1. The zero-order chi connectivity index (χ0) is 27.3. The number of hydrogen-bond acceptors (Lipinski definition) is 6. The standard InChI is InChI=1S/C29H33N7O2/c1-6-21-9-13-24(14-10-21)36(26(22-15-17-30-18-16-22)28(38)31-29(3,4)5)25(37)19-35-33-27(32-34-35)23-11-7-20(2)8-12-23/h7-18,26H,6,19H2,1-5H3,(H,31,38)/t26-/m1/s1. The lowest BCUT2D eigenvalue weighted by atomic mass is 10.0. The number of benzene rings is 2. The van der Waals surface area contributed by atoms with E-state index in [1.165, 1.54) is 9.70 Å². The van der Waals surface area contributed by atoms with Gasteiger partial charge in [0.1, 0.15) is 12.6 Å². The Hall–Kier alpha value is -4.40. The third kappa shape index (κ3) is 6.47. The van der Waals surface area contributed by atoms with E-state index in [0.29, 0.717) is 17.1 Å². The van der Waals surface area contributed by atoms with E-state index in [0.717, 1.165) is 23.1 Å². The number of hydrogen-bond donors (Lipinski definition) is 1. The molecule has 38 heavy (non-hydrogen) atoms. The number of amides is 2. The van der Waals surface area contributed by atoms with E-state index in [1.807, 2.05) is 76.2 Å². The molecule has 0 aliphatic carbocycles. The number of rotatable bonds is 8. The second kappa shape index (κ2) is 11.3. The third-order valence-corrected chi connectivity index (χ3v) is 5.96. The number of anilines is 1. The monoisotopic (exact) mass is 511 g/mol.